The number of aliphatic hydroxyl groups is 2. The minimum absolute atomic E-state index is 0.133. The second-order valence-electron chi connectivity index (χ2n) is 10.9. The number of fused-ring (bicyclic) bond motifs is 3. The second-order valence-corrected chi connectivity index (χ2v) is 10.9. The van der Waals surface area contributed by atoms with E-state index in [1.807, 2.05) is 6.92 Å². The molecule has 0 amide bonds. The number of halogens is 1. The van der Waals surface area contributed by atoms with Gasteiger partial charge in [-0.3, -0.25) is 14.4 Å². The van der Waals surface area contributed by atoms with E-state index in [1.54, 1.807) is 19.9 Å². The third kappa shape index (κ3) is 2.33. The highest BCUT2D eigenvalue weighted by atomic mass is 19.1. The van der Waals surface area contributed by atoms with Gasteiger partial charge >= 0.3 is 5.97 Å². The number of carboxylic acid groups (broad SMARTS) is 1. The molecule has 5 aliphatic rings. The van der Waals surface area contributed by atoms with Crippen LogP contribution in [0.4, 0.5) is 4.39 Å². The number of rotatable bonds is 4. The Morgan fingerprint density at radius 2 is 1.97 bits per heavy atom. The van der Waals surface area contributed by atoms with E-state index in [-0.39, 0.29) is 30.1 Å². The molecule has 1 aliphatic heterocycles. The van der Waals surface area contributed by atoms with Crippen molar-refractivity contribution in [3.63, 3.8) is 0 Å². The fraction of sp³-hybridized carbons (Fsp3) is 0.708. The van der Waals surface area contributed by atoms with Crippen LogP contribution in [0.1, 0.15) is 46.5 Å². The number of ether oxygens (including phenoxy) is 1. The zero-order valence-electron chi connectivity index (χ0n) is 18.4. The van der Waals surface area contributed by atoms with Gasteiger partial charge in [-0.2, -0.15) is 0 Å². The number of epoxide rings is 1. The summed E-state index contributed by atoms with van der Waals surface area (Å²) < 4.78 is 21.8. The molecule has 4 fully saturated rings. The first kappa shape index (κ1) is 21.9. The molecule has 0 aromatic carbocycles. The molecule has 1 spiro atoms. The molecular formula is C24H29FO7. The van der Waals surface area contributed by atoms with Gasteiger partial charge in [0.15, 0.2) is 11.6 Å². The van der Waals surface area contributed by atoms with Crippen molar-refractivity contribution < 1.29 is 38.8 Å². The van der Waals surface area contributed by atoms with Crippen molar-refractivity contribution >= 4 is 17.5 Å². The van der Waals surface area contributed by atoms with Crippen molar-refractivity contribution in [2.45, 2.75) is 76.0 Å². The van der Waals surface area contributed by atoms with Crippen LogP contribution in [0, 0.1) is 28.6 Å². The SMILES string of the molecule is C[C@@H]1C[C@H]2[C@@H]3C[C@H](F)C4=CC(=O)C=C[C@]4(C)[C@@]34O[C@H]4C[C@]2(C)[C@@]1(O)C(=O)C(O)CC(=O)O. The van der Waals surface area contributed by atoms with Crippen molar-refractivity contribution in [2.75, 3.05) is 0 Å². The summed E-state index contributed by atoms with van der Waals surface area (Å²) >= 11 is 0. The molecule has 7 nitrogen and oxygen atoms in total. The molecule has 3 saturated carbocycles. The molecule has 32 heavy (non-hydrogen) atoms. The molecule has 10 atom stereocenters. The van der Waals surface area contributed by atoms with Crippen LogP contribution in [0.3, 0.4) is 0 Å². The van der Waals surface area contributed by atoms with Crippen LogP contribution in [-0.2, 0) is 19.1 Å². The van der Waals surface area contributed by atoms with Crippen LogP contribution in [0.15, 0.2) is 23.8 Å². The van der Waals surface area contributed by atoms with E-state index in [0.717, 1.165) is 0 Å². The molecule has 0 radical (unpaired) electrons. The number of carbonyl (C=O) groups excluding carboxylic acids is 2. The lowest BCUT2D eigenvalue weighted by atomic mass is 9.46. The van der Waals surface area contributed by atoms with E-state index in [4.69, 9.17) is 9.84 Å². The smallest absolute Gasteiger partial charge is 0.306 e. The molecule has 1 saturated heterocycles. The number of Topliss-reactive ketones (excluding diaryl/α,β-unsaturated/α-hetero) is 1. The molecule has 3 N–H and O–H groups in total. The van der Waals surface area contributed by atoms with Crippen LogP contribution >= 0.6 is 0 Å². The van der Waals surface area contributed by atoms with Crippen molar-refractivity contribution in [3.05, 3.63) is 23.8 Å². The van der Waals surface area contributed by atoms with E-state index in [0.29, 0.717) is 18.4 Å². The maximum absolute atomic E-state index is 15.5. The number of carboxylic acids is 1. The number of hydrogen-bond acceptors (Lipinski definition) is 6. The van der Waals surface area contributed by atoms with E-state index >= 15 is 4.39 Å². The van der Waals surface area contributed by atoms with Gasteiger partial charge in [-0.15, -0.1) is 0 Å². The Kier molecular flexibility index (Phi) is 4.36. The average molecular weight is 448 g/mol. The zero-order chi connectivity index (χ0) is 23.4. The minimum Gasteiger partial charge on any atom is -0.481 e. The van der Waals surface area contributed by atoms with Gasteiger partial charge in [0.2, 0.25) is 0 Å². The van der Waals surface area contributed by atoms with Gasteiger partial charge in [0, 0.05) is 10.8 Å². The lowest BCUT2D eigenvalue weighted by molar-refractivity contribution is -0.173. The van der Waals surface area contributed by atoms with Crippen LogP contribution < -0.4 is 0 Å². The summed E-state index contributed by atoms with van der Waals surface area (Å²) in [7, 11) is 0. The van der Waals surface area contributed by atoms with Gasteiger partial charge in [0.25, 0.3) is 0 Å². The molecule has 0 aromatic rings. The fourth-order valence-corrected chi connectivity index (χ4v) is 8.01. The largest absolute Gasteiger partial charge is 0.481 e. The first-order chi connectivity index (χ1) is 14.8. The molecule has 8 heteroatoms. The van der Waals surface area contributed by atoms with Gasteiger partial charge in [-0.1, -0.05) is 19.9 Å². The van der Waals surface area contributed by atoms with Crippen molar-refractivity contribution in [2.24, 2.45) is 28.6 Å². The Balaban J connectivity index is 1.56. The van der Waals surface area contributed by atoms with Gasteiger partial charge in [-0.05, 0) is 61.7 Å². The number of alkyl halides is 1. The first-order valence-corrected chi connectivity index (χ1v) is 11.3. The van der Waals surface area contributed by atoms with Crippen LogP contribution in [0.25, 0.3) is 0 Å². The summed E-state index contributed by atoms with van der Waals surface area (Å²) in [5, 5.41) is 31.1. The number of ketones is 2. The van der Waals surface area contributed by atoms with E-state index < -0.39 is 58.4 Å². The highest BCUT2D eigenvalue weighted by molar-refractivity contribution is 6.01. The summed E-state index contributed by atoms with van der Waals surface area (Å²) in [5.41, 5.74) is -3.99. The lowest BCUT2D eigenvalue weighted by Gasteiger charge is -2.56. The Bertz CT molecular complexity index is 989. The molecule has 0 bridgehead atoms. The summed E-state index contributed by atoms with van der Waals surface area (Å²) in [6.07, 6.45) is 1.21. The van der Waals surface area contributed by atoms with Gasteiger partial charge in [0.05, 0.1) is 12.5 Å². The Morgan fingerprint density at radius 1 is 1.28 bits per heavy atom. The molecule has 4 aliphatic carbocycles. The number of aliphatic hydroxyl groups excluding tert-OH is 1. The van der Waals surface area contributed by atoms with Crippen molar-refractivity contribution in [1.29, 1.82) is 0 Å². The van der Waals surface area contributed by atoms with Crippen LogP contribution in [0.5, 0.6) is 0 Å². The molecule has 1 heterocycles. The van der Waals surface area contributed by atoms with Gasteiger partial charge < -0.3 is 20.1 Å². The average Bonchev–Trinajstić information content (AvgIpc) is 3.39. The Morgan fingerprint density at radius 3 is 2.62 bits per heavy atom. The molecular weight excluding hydrogens is 419 g/mol. The third-order valence-corrected chi connectivity index (χ3v) is 9.55. The maximum Gasteiger partial charge on any atom is 0.306 e. The van der Waals surface area contributed by atoms with Crippen LogP contribution in [-0.4, -0.2) is 62.4 Å². The molecule has 5 rings (SSSR count). The Hall–Kier alpha value is -1.90. The van der Waals surface area contributed by atoms with E-state index in [9.17, 15) is 24.6 Å². The summed E-state index contributed by atoms with van der Waals surface area (Å²) in [5.74, 6) is -3.53. The monoisotopic (exact) mass is 448 g/mol. The Labute approximate surface area is 185 Å². The van der Waals surface area contributed by atoms with Crippen molar-refractivity contribution in [3.8, 4) is 0 Å². The summed E-state index contributed by atoms with van der Waals surface area (Å²) in [6, 6.07) is 0. The van der Waals surface area contributed by atoms with Gasteiger partial charge in [0.1, 0.15) is 23.5 Å². The zero-order valence-corrected chi connectivity index (χ0v) is 18.4. The predicted molar refractivity (Wildman–Crippen MR) is 109 cm³/mol. The minimum atomic E-state index is -1.94. The fourth-order valence-electron chi connectivity index (χ4n) is 8.01. The quantitative estimate of drug-likeness (QED) is 0.560. The molecule has 0 aromatic heterocycles. The van der Waals surface area contributed by atoms with Crippen LogP contribution in [0.2, 0.25) is 0 Å². The maximum atomic E-state index is 15.5. The number of hydrogen-bond donors (Lipinski definition) is 3. The number of allylic oxidation sites excluding steroid dienone is 2. The van der Waals surface area contributed by atoms with E-state index in [2.05, 4.69) is 0 Å². The van der Waals surface area contributed by atoms with Gasteiger partial charge in [-0.25, -0.2) is 4.39 Å². The first-order valence-electron chi connectivity index (χ1n) is 11.3. The molecule has 1 unspecified atom stereocenters. The predicted octanol–water partition coefficient (Wildman–Crippen LogP) is 1.76. The standard InChI is InChI=1S/C24H29FO7/c1-11-6-13-14-8-16(25)15-7-12(26)4-5-21(15,2)24(14)18(32-24)10-22(13,3)23(11,31)20(30)17(27)9-19(28)29/h4-5,7,11,13-14,16-18,27,31H,6,8-10H2,1-3H3,(H,28,29)/t11-,13+,14+,16+,17?,18+,21+,22+,23+,24-/m1/s1. The lowest BCUT2D eigenvalue weighted by Crippen LogP contribution is -2.64. The highest BCUT2D eigenvalue weighted by Crippen LogP contribution is 2.76. The normalized spacial score (nSPS) is 51.6. The van der Waals surface area contributed by atoms with E-state index in [1.165, 1.54) is 12.2 Å². The second kappa shape index (κ2) is 6.36. The van der Waals surface area contributed by atoms with Crippen molar-refractivity contribution in [1.82, 2.24) is 0 Å². The third-order valence-electron chi connectivity index (χ3n) is 9.55. The molecule has 174 valence electrons. The summed E-state index contributed by atoms with van der Waals surface area (Å²) in [6.45, 7) is 5.42. The number of carbonyl (C=O) groups is 3. The summed E-state index contributed by atoms with van der Waals surface area (Å²) in [4.78, 5) is 36.2. The highest BCUT2D eigenvalue weighted by Gasteiger charge is 2.83. The topological polar surface area (TPSA) is 124 Å². The number of aliphatic carboxylic acids is 1.